The van der Waals surface area contributed by atoms with Gasteiger partial charge in [-0.2, -0.15) is 0 Å². The van der Waals surface area contributed by atoms with Crippen molar-refractivity contribution in [1.29, 1.82) is 0 Å². The number of amides is 2. The first-order valence-electron chi connectivity index (χ1n) is 8.31. The standard InChI is InChI=1S/C18H19FN2O4S/c1-11(17(23)25-2)21-16(22)15(26-18(21)24)10-12-5-6-14(13(19)9-12)20-7-3-4-8-20/h5-6,9-11H,3-4,7-8H2,1-2H3/b15-10-/t11-/m0/s1. The number of methoxy groups -OCH3 is 1. The molecule has 0 radical (unpaired) electrons. The number of hydrogen-bond acceptors (Lipinski definition) is 6. The van der Waals surface area contributed by atoms with Gasteiger partial charge in [-0.25, -0.2) is 9.18 Å². The molecule has 2 fully saturated rings. The minimum absolute atomic E-state index is 0.152. The van der Waals surface area contributed by atoms with Crippen LogP contribution in [0.4, 0.5) is 14.9 Å². The van der Waals surface area contributed by atoms with E-state index < -0.39 is 23.2 Å². The summed E-state index contributed by atoms with van der Waals surface area (Å²) in [6.07, 6.45) is 3.56. The molecule has 0 unspecified atom stereocenters. The summed E-state index contributed by atoms with van der Waals surface area (Å²) in [5.41, 5.74) is 1.04. The van der Waals surface area contributed by atoms with E-state index in [9.17, 15) is 18.8 Å². The van der Waals surface area contributed by atoms with Gasteiger partial charge in [0, 0.05) is 13.1 Å². The summed E-state index contributed by atoms with van der Waals surface area (Å²) in [6.45, 7) is 3.09. The van der Waals surface area contributed by atoms with Crippen molar-refractivity contribution in [2.45, 2.75) is 25.8 Å². The molecule has 0 spiro atoms. The first-order chi connectivity index (χ1) is 12.4. The maximum Gasteiger partial charge on any atom is 0.328 e. The third-order valence-electron chi connectivity index (χ3n) is 4.47. The number of nitrogens with zero attached hydrogens (tertiary/aromatic N) is 2. The SMILES string of the molecule is COC(=O)[C@H](C)N1C(=O)S/C(=C\c2ccc(N3CCCC3)c(F)c2)C1=O. The van der Waals surface area contributed by atoms with Crippen LogP contribution in [0.3, 0.4) is 0 Å². The summed E-state index contributed by atoms with van der Waals surface area (Å²) < 4.78 is 19.0. The van der Waals surface area contributed by atoms with E-state index in [1.54, 1.807) is 12.1 Å². The van der Waals surface area contributed by atoms with E-state index in [-0.39, 0.29) is 10.7 Å². The largest absolute Gasteiger partial charge is 0.467 e. The summed E-state index contributed by atoms with van der Waals surface area (Å²) >= 11 is 0.726. The average Bonchev–Trinajstić information content (AvgIpc) is 3.23. The van der Waals surface area contributed by atoms with Gasteiger partial charge < -0.3 is 9.64 Å². The number of halogens is 1. The van der Waals surface area contributed by atoms with Gasteiger partial charge in [0.15, 0.2) is 0 Å². The van der Waals surface area contributed by atoms with Crippen LogP contribution in [0.2, 0.25) is 0 Å². The third-order valence-corrected chi connectivity index (χ3v) is 5.35. The molecular formula is C18H19FN2O4S. The molecule has 2 aliphatic rings. The molecule has 1 atom stereocenters. The van der Waals surface area contributed by atoms with Crippen molar-refractivity contribution in [3.63, 3.8) is 0 Å². The van der Waals surface area contributed by atoms with E-state index in [4.69, 9.17) is 0 Å². The molecule has 2 saturated heterocycles. The van der Waals surface area contributed by atoms with Crippen LogP contribution >= 0.6 is 11.8 Å². The van der Waals surface area contributed by atoms with Crippen LogP contribution < -0.4 is 4.90 Å². The highest BCUT2D eigenvalue weighted by molar-refractivity contribution is 8.18. The molecule has 2 amide bonds. The van der Waals surface area contributed by atoms with E-state index in [0.29, 0.717) is 11.3 Å². The van der Waals surface area contributed by atoms with Crippen molar-refractivity contribution >= 4 is 40.6 Å². The Hall–Kier alpha value is -2.35. The number of thioether (sulfide) groups is 1. The summed E-state index contributed by atoms with van der Waals surface area (Å²) in [6, 6.07) is 3.75. The molecule has 8 heteroatoms. The van der Waals surface area contributed by atoms with Crippen molar-refractivity contribution in [3.05, 3.63) is 34.5 Å². The third kappa shape index (κ3) is 3.46. The fraction of sp³-hybridized carbons (Fsp3) is 0.389. The summed E-state index contributed by atoms with van der Waals surface area (Å²) in [7, 11) is 1.19. The Morgan fingerprint density at radius 2 is 2.00 bits per heavy atom. The van der Waals surface area contributed by atoms with Gasteiger partial charge in [-0.15, -0.1) is 0 Å². The Labute approximate surface area is 155 Å². The van der Waals surface area contributed by atoms with Crippen molar-refractivity contribution in [2.75, 3.05) is 25.1 Å². The molecule has 0 aromatic heterocycles. The molecule has 1 aromatic rings. The van der Waals surface area contributed by atoms with Crippen molar-refractivity contribution in [1.82, 2.24) is 4.90 Å². The molecular weight excluding hydrogens is 359 g/mol. The van der Waals surface area contributed by atoms with Gasteiger partial charge in [0.2, 0.25) is 0 Å². The predicted octanol–water partition coefficient (Wildman–Crippen LogP) is 3.02. The minimum atomic E-state index is -1.01. The van der Waals surface area contributed by atoms with Gasteiger partial charge in [0.25, 0.3) is 11.1 Å². The summed E-state index contributed by atoms with van der Waals surface area (Å²) in [4.78, 5) is 39.1. The second kappa shape index (κ2) is 7.49. The highest BCUT2D eigenvalue weighted by atomic mass is 32.2. The first-order valence-corrected chi connectivity index (χ1v) is 9.13. The Morgan fingerprint density at radius 3 is 2.62 bits per heavy atom. The summed E-state index contributed by atoms with van der Waals surface area (Å²) in [5.74, 6) is -1.61. The molecule has 6 nitrogen and oxygen atoms in total. The number of benzene rings is 1. The van der Waals surface area contributed by atoms with E-state index in [1.807, 2.05) is 4.90 Å². The van der Waals surface area contributed by atoms with Crippen molar-refractivity contribution in [3.8, 4) is 0 Å². The van der Waals surface area contributed by atoms with Gasteiger partial charge in [-0.05, 0) is 55.3 Å². The normalized spacial score (nSPS) is 20.2. The van der Waals surface area contributed by atoms with Crippen molar-refractivity contribution < 1.29 is 23.5 Å². The highest BCUT2D eigenvalue weighted by Crippen LogP contribution is 2.34. The number of ether oxygens (including phenoxy) is 1. The van der Waals surface area contributed by atoms with Crippen LogP contribution in [-0.4, -0.2) is 48.3 Å². The fourth-order valence-corrected chi connectivity index (χ4v) is 3.98. The van der Waals surface area contributed by atoms with Gasteiger partial charge >= 0.3 is 5.97 Å². The number of carbonyl (C=O) groups excluding carboxylic acids is 3. The lowest BCUT2D eigenvalue weighted by molar-refractivity contribution is -0.148. The van der Waals surface area contributed by atoms with Gasteiger partial charge in [0.1, 0.15) is 11.9 Å². The zero-order chi connectivity index (χ0) is 18.8. The Balaban J connectivity index is 1.82. The monoisotopic (exact) mass is 378 g/mol. The lowest BCUT2D eigenvalue weighted by Gasteiger charge is -2.19. The van der Waals surface area contributed by atoms with Crippen LogP contribution in [0.15, 0.2) is 23.1 Å². The summed E-state index contributed by atoms with van der Waals surface area (Å²) in [5, 5.41) is -0.548. The number of rotatable bonds is 4. The molecule has 0 bridgehead atoms. The predicted molar refractivity (Wildman–Crippen MR) is 97.1 cm³/mol. The molecule has 26 heavy (non-hydrogen) atoms. The minimum Gasteiger partial charge on any atom is -0.467 e. The van der Waals surface area contributed by atoms with Gasteiger partial charge in [0.05, 0.1) is 17.7 Å². The number of carbonyl (C=O) groups is 3. The number of esters is 1. The first kappa shape index (κ1) is 18.4. The van der Waals surface area contributed by atoms with Crippen molar-refractivity contribution in [2.24, 2.45) is 0 Å². The van der Waals surface area contributed by atoms with E-state index in [1.165, 1.54) is 26.2 Å². The highest BCUT2D eigenvalue weighted by Gasteiger charge is 2.41. The average molecular weight is 378 g/mol. The van der Waals surface area contributed by atoms with E-state index >= 15 is 0 Å². The Morgan fingerprint density at radius 1 is 1.31 bits per heavy atom. The molecule has 0 aliphatic carbocycles. The Kier molecular flexibility index (Phi) is 5.31. The number of hydrogen-bond donors (Lipinski definition) is 0. The molecule has 0 N–H and O–H groups in total. The van der Waals surface area contributed by atoms with Crippen LogP contribution in [0, 0.1) is 5.82 Å². The zero-order valence-corrected chi connectivity index (χ0v) is 15.3. The maximum absolute atomic E-state index is 14.4. The maximum atomic E-state index is 14.4. The number of anilines is 1. The van der Waals surface area contributed by atoms with Crippen LogP contribution in [0.5, 0.6) is 0 Å². The second-order valence-electron chi connectivity index (χ2n) is 6.16. The van der Waals surface area contributed by atoms with Crippen LogP contribution in [-0.2, 0) is 14.3 Å². The lowest BCUT2D eigenvalue weighted by atomic mass is 10.1. The lowest BCUT2D eigenvalue weighted by Crippen LogP contribution is -2.42. The number of imide groups is 1. The molecule has 2 heterocycles. The zero-order valence-electron chi connectivity index (χ0n) is 14.5. The Bertz CT molecular complexity index is 789. The molecule has 138 valence electrons. The van der Waals surface area contributed by atoms with Gasteiger partial charge in [-0.1, -0.05) is 6.07 Å². The second-order valence-corrected chi connectivity index (χ2v) is 7.15. The topological polar surface area (TPSA) is 66.9 Å². The molecule has 3 rings (SSSR count). The smallest absolute Gasteiger partial charge is 0.328 e. The molecule has 1 aromatic carbocycles. The van der Waals surface area contributed by atoms with Crippen LogP contribution in [0.25, 0.3) is 6.08 Å². The molecule has 2 aliphatic heterocycles. The van der Waals surface area contributed by atoms with Crippen LogP contribution in [0.1, 0.15) is 25.3 Å². The quantitative estimate of drug-likeness (QED) is 0.593. The fourth-order valence-electron chi connectivity index (χ4n) is 3.07. The molecule has 0 saturated carbocycles. The van der Waals surface area contributed by atoms with E-state index in [0.717, 1.165) is 42.6 Å². The van der Waals surface area contributed by atoms with E-state index in [2.05, 4.69) is 4.74 Å². The van der Waals surface area contributed by atoms with Gasteiger partial charge in [-0.3, -0.25) is 14.5 Å².